The van der Waals surface area contributed by atoms with Crippen molar-refractivity contribution in [2.45, 2.75) is 52.2 Å². The number of phenols is 2. The third-order valence-corrected chi connectivity index (χ3v) is 6.92. The molecule has 1 atom stereocenters. The van der Waals surface area contributed by atoms with Crippen molar-refractivity contribution in [3.8, 4) is 28.4 Å². The summed E-state index contributed by atoms with van der Waals surface area (Å²) < 4.78 is 11.4. The van der Waals surface area contributed by atoms with Crippen LogP contribution < -0.4 is 4.74 Å². The van der Waals surface area contributed by atoms with Crippen LogP contribution in [0.3, 0.4) is 0 Å². The second-order valence-corrected chi connectivity index (χ2v) is 9.54. The van der Waals surface area contributed by atoms with Gasteiger partial charge in [-0.15, -0.1) is 0 Å². The van der Waals surface area contributed by atoms with Gasteiger partial charge in [0.15, 0.2) is 0 Å². The highest BCUT2D eigenvalue weighted by Crippen LogP contribution is 2.41. The quantitative estimate of drug-likeness (QED) is 0.467. The Morgan fingerprint density at radius 2 is 1.79 bits per heavy atom. The van der Waals surface area contributed by atoms with E-state index in [1.165, 1.54) is 11.1 Å². The van der Waals surface area contributed by atoms with Gasteiger partial charge in [0.25, 0.3) is 0 Å². The Bertz CT molecular complexity index is 1170. The first-order chi connectivity index (χ1) is 16.3. The molecule has 1 aliphatic rings. The largest absolute Gasteiger partial charge is 0.508 e. The van der Waals surface area contributed by atoms with E-state index in [1.807, 2.05) is 37.3 Å². The van der Waals surface area contributed by atoms with Gasteiger partial charge in [0.1, 0.15) is 17.2 Å². The second-order valence-electron chi connectivity index (χ2n) is 9.54. The van der Waals surface area contributed by atoms with Crippen LogP contribution in [0.15, 0.2) is 48.5 Å². The minimum atomic E-state index is 0.158. The van der Waals surface area contributed by atoms with Crippen LogP contribution in [0.5, 0.6) is 17.2 Å². The first-order valence-electron chi connectivity index (χ1n) is 11.9. The molecule has 1 heterocycles. The van der Waals surface area contributed by atoms with Gasteiger partial charge in [-0.3, -0.25) is 4.90 Å². The Morgan fingerprint density at radius 1 is 1.00 bits per heavy atom. The molecule has 3 aromatic carbocycles. The molecule has 34 heavy (non-hydrogen) atoms. The molecule has 5 nitrogen and oxygen atoms in total. The molecule has 180 valence electrons. The maximum atomic E-state index is 10.7. The van der Waals surface area contributed by atoms with Gasteiger partial charge in [-0.1, -0.05) is 38.1 Å². The van der Waals surface area contributed by atoms with E-state index < -0.39 is 0 Å². The number of ether oxygens (including phenoxy) is 2. The molecule has 3 aromatic rings. The lowest BCUT2D eigenvalue weighted by molar-refractivity contribution is 0.0718. The molecule has 5 heteroatoms. The summed E-state index contributed by atoms with van der Waals surface area (Å²) in [7, 11) is 3.43. The van der Waals surface area contributed by atoms with E-state index in [0.717, 1.165) is 46.5 Å². The fourth-order valence-electron chi connectivity index (χ4n) is 4.90. The van der Waals surface area contributed by atoms with Gasteiger partial charge in [0.05, 0.1) is 13.7 Å². The zero-order chi connectivity index (χ0) is 24.4. The first kappa shape index (κ1) is 24.1. The van der Waals surface area contributed by atoms with Gasteiger partial charge < -0.3 is 19.7 Å². The number of hydrogen-bond donors (Lipinski definition) is 2. The average molecular weight is 462 g/mol. The molecule has 0 saturated carbocycles. The molecule has 0 amide bonds. The van der Waals surface area contributed by atoms with Crippen molar-refractivity contribution < 1.29 is 19.7 Å². The molecule has 1 aliphatic heterocycles. The standard InChI is InChI=1S/C29H35NO4/c1-18(2)20-6-7-23(27(32)13-20)16-30-15-22-9-11-28(34-5)29(25(22)14-24(30)17-33-4)21-8-10-26(31)19(3)12-21/h6-13,18,24,31-32H,14-17H2,1-5H3. The Morgan fingerprint density at radius 3 is 2.44 bits per heavy atom. The summed E-state index contributed by atoms with van der Waals surface area (Å²) >= 11 is 0. The SMILES string of the molecule is COCC1Cc2c(ccc(OC)c2-c2ccc(O)c(C)c2)CN1Cc1ccc(C(C)C)cc1O. The summed E-state index contributed by atoms with van der Waals surface area (Å²) in [5, 5.41) is 20.7. The average Bonchev–Trinajstić information content (AvgIpc) is 2.81. The number of benzene rings is 3. The maximum Gasteiger partial charge on any atom is 0.126 e. The third-order valence-electron chi connectivity index (χ3n) is 6.92. The van der Waals surface area contributed by atoms with E-state index >= 15 is 0 Å². The number of rotatable bonds is 7. The van der Waals surface area contributed by atoms with Crippen molar-refractivity contribution in [3.05, 3.63) is 76.3 Å². The van der Waals surface area contributed by atoms with Crippen LogP contribution in [-0.2, 0) is 24.2 Å². The molecule has 0 bridgehead atoms. The van der Waals surface area contributed by atoms with E-state index in [2.05, 4.69) is 30.9 Å². The topological polar surface area (TPSA) is 62.2 Å². The molecule has 0 saturated heterocycles. The third kappa shape index (κ3) is 4.77. The number of nitrogens with zero attached hydrogens (tertiary/aromatic N) is 1. The van der Waals surface area contributed by atoms with Crippen LogP contribution in [0.2, 0.25) is 0 Å². The molecule has 2 N–H and O–H groups in total. The summed E-state index contributed by atoms with van der Waals surface area (Å²) in [6, 6.07) is 16.1. The van der Waals surface area contributed by atoms with Crippen molar-refractivity contribution in [1.29, 1.82) is 0 Å². The van der Waals surface area contributed by atoms with E-state index in [1.54, 1.807) is 20.3 Å². The lowest BCUT2D eigenvalue weighted by Crippen LogP contribution is -2.42. The van der Waals surface area contributed by atoms with Crippen LogP contribution in [0.25, 0.3) is 11.1 Å². The molecular weight excluding hydrogens is 426 g/mol. The van der Waals surface area contributed by atoms with Crippen LogP contribution in [0.1, 0.15) is 47.6 Å². The fourth-order valence-corrected chi connectivity index (χ4v) is 4.90. The summed E-state index contributed by atoms with van der Waals surface area (Å²) in [6.45, 7) is 8.17. The number of methoxy groups -OCH3 is 2. The van der Waals surface area contributed by atoms with Gasteiger partial charge in [0.2, 0.25) is 0 Å². The minimum Gasteiger partial charge on any atom is -0.508 e. The van der Waals surface area contributed by atoms with Gasteiger partial charge >= 0.3 is 0 Å². The fraction of sp³-hybridized carbons (Fsp3) is 0.379. The molecule has 0 radical (unpaired) electrons. The summed E-state index contributed by atoms with van der Waals surface area (Å²) in [5.74, 6) is 1.85. The number of aromatic hydroxyl groups is 2. The molecular formula is C29H35NO4. The van der Waals surface area contributed by atoms with E-state index in [4.69, 9.17) is 9.47 Å². The van der Waals surface area contributed by atoms with Crippen molar-refractivity contribution in [2.75, 3.05) is 20.8 Å². The highest BCUT2D eigenvalue weighted by molar-refractivity contribution is 5.77. The number of hydrogen-bond acceptors (Lipinski definition) is 5. The number of fused-ring (bicyclic) bond motifs is 1. The zero-order valence-corrected chi connectivity index (χ0v) is 20.8. The van der Waals surface area contributed by atoms with E-state index in [9.17, 15) is 10.2 Å². The van der Waals surface area contributed by atoms with Crippen LogP contribution in [0.4, 0.5) is 0 Å². The van der Waals surface area contributed by atoms with E-state index in [-0.39, 0.29) is 6.04 Å². The van der Waals surface area contributed by atoms with Crippen molar-refractivity contribution in [3.63, 3.8) is 0 Å². The smallest absolute Gasteiger partial charge is 0.126 e. The van der Waals surface area contributed by atoms with Crippen LogP contribution in [0, 0.1) is 6.92 Å². The molecule has 1 unspecified atom stereocenters. The molecule has 0 aliphatic carbocycles. The zero-order valence-electron chi connectivity index (χ0n) is 20.8. The predicted molar refractivity (Wildman–Crippen MR) is 136 cm³/mol. The lowest BCUT2D eigenvalue weighted by Gasteiger charge is -2.38. The monoisotopic (exact) mass is 461 g/mol. The lowest BCUT2D eigenvalue weighted by atomic mass is 9.86. The number of phenolic OH excluding ortho intramolecular Hbond substituents is 2. The molecule has 0 fully saturated rings. The molecule has 0 spiro atoms. The molecule has 0 aromatic heterocycles. The Hall–Kier alpha value is -3.02. The summed E-state index contributed by atoms with van der Waals surface area (Å²) in [5.41, 5.74) is 7.51. The van der Waals surface area contributed by atoms with Crippen LogP contribution >= 0.6 is 0 Å². The normalized spacial score (nSPS) is 16.0. The minimum absolute atomic E-state index is 0.158. The van der Waals surface area contributed by atoms with Crippen molar-refractivity contribution in [1.82, 2.24) is 4.90 Å². The van der Waals surface area contributed by atoms with Crippen molar-refractivity contribution >= 4 is 0 Å². The van der Waals surface area contributed by atoms with E-state index in [0.29, 0.717) is 30.6 Å². The summed E-state index contributed by atoms with van der Waals surface area (Å²) in [6.07, 6.45) is 0.806. The Labute approximate surface area is 202 Å². The Balaban J connectivity index is 1.72. The van der Waals surface area contributed by atoms with Crippen LogP contribution in [-0.4, -0.2) is 42.0 Å². The summed E-state index contributed by atoms with van der Waals surface area (Å²) in [4.78, 5) is 2.38. The highest BCUT2D eigenvalue weighted by atomic mass is 16.5. The highest BCUT2D eigenvalue weighted by Gasteiger charge is 2.30. The number of aryl methyl sites for hydroxylation is 1. The first-order valence-corrected chi connectivity index (χ1v) is 11.9. The Kier molecular flexibility index (Phi) is 7.15. The predicted octanol–water partition coefficient (Wildman–Crippen LogP) is 5.78. The van der Waals surface area contributed by atoms with Gasteiger partial charge in [-0.25, -0.2) is 0 Å². The van der Waals surface area contributed by atoms with Gasteiger partial charge in [-0.05, 0) is 71.3 Å². The molecule has 4 rings (SSSR count). The van der Waals surface area contributed by atoms with Gasteiger partial charge in [0, 0.05) is 37.4 Å². The maximum absolute atomic E-state index is 10.7. The van der Waals surface area contributed by atoms with Crippen molar-refractivity contribution in [2.24, 2.45) is 0 Å². The van der Waals surface area contributed by atoms with Gasteiger partial charge in [-0.2, -0.15) is 0 Å². The second kappa shape index (κ2) is 10.1.